The lowest BCUT2D eigenvalue weighted by molar-refractivity contribution is -0.129. The van der Waals surface area contributed by atoms with Crippen LogP contribution in [0.25, 0.3) is 0 Å². The third-order valence-electron chi connectivity index (χ3n) is 8.43. The summed E-state index contributed by atoms with van der Waals surface area (Å²) in [4.78, 5) is 15.8. The number of hydrogen-bond acceptors (Lipinski definition) is 4. The number of hydrogen-bond donors (Lipinski definition) is 1. The minimum absolute atomic E-state index is 0.162. The van der Waals surface area contributed by atoms with Gasteiger partial charge >= 0.3 is 0 Å². The molecular weight excluding hydrogens is 388 g/mol. The first kappa shape index (κ1) is 21.3. The number of carbonyl (C=O) groups is 1. The number of rotatable bonds is 7. The molecule has 5 fully saturated rings. The summed E-state index contributed by atoms with van der Waals surface area (Å²) in [6, 6.07) is 8.50. The van der Waals surface area contributed by atoms with E-state index in [1.54, 1.807) is 0 Å². The van der Waals surface area contributed by atoms with Gasteiger partial charge < -0.3 is 14.8 Å². The van der Waals surface area contributed by atoms with Crippen LogP contribution in [0.15, 0.2) is 24.3 Å². The van der Waals surface area contributed by atoms with E-state index in [0.717, 1.165) is 56.0 Å². The topological polar surface area (TPSA) is 50.8 Å². The first-order chi connectivity index (χ1) is 15.0. The van der Waals surface area contributed by atoms with Gasteiger partial charge in [-0.25, -0.2) is 0 Å². The Balaban J connectivity index is 1.19. The lowest BCUT2D eigenvalue weighted by atomic mass is 9.54. The summed E-state index contributed by atoms with van der Waals surface area (Å²) in [5, 5.41) is 3.51. The monoisotopic (exact) mass is 426 g/mol. The van der Waals surface area contributed by atoms with Crippen LogP contribution in [0.5, 0.6) is 5.75 Å². The second-order valence-corrected chi connectivity index (χ2v) is 10.9. The van der Waals surface area contributed by atoms with Crippen molar-refractivity contribution in [2.24, 2.45) is 23.7 Å². The zero-order valence-electron chi connectivity index (χ0n) is 19.1. The summed E-state index contributed by atoms with van der Waals surface area (Å²) >= 11 is 0. The van der Waals surface area contributed by atoms with Crippen LogP contribution in [0.2, 0.25) is 0 Å². The van der Waals surface area contributed by atoms with E-state index < -0.39 is 5.41 Å². The van der Waals surface area contributed by atoms with Gasteiger partial charge in [0.25, 0.3) is 0 Å². The van der Waals surface area contributed by atoms with Gasteiger partial charge in [-0.3, -0.25) is 9.69 Å². The summed E-state index contributed by atoms with van der Waals surface area (Å²) in [5.41, 5.74) is 0.454. The van der Waals surface area contributed by atoms with E-state index in [1.165, 1.54) is 32.1 Å². The Labute approximate surface area is 186 Å². The predicted octanol–water partition coefficient (Wildman–Crippen LogP) is 3.62. The van der Waals surface area contributed by atoms with Gasteiger partial charge in [0.1, 0.15) is 12.4 Å². The molecule has 5 heteroatoms. The lowest BCUT2D eigenvalue weighted by Gasteiger charge is -2.54. The number of nitrogens with one attached hydrogen (secondary N) is 1. The van der Waals surface area contributed by atoms with Crippen LogP contribution in [0.3, 0.4) is 0 Å². The number of nitrogens with zero attached hydrogens (tertiary/aromatic N) is 1. The third-order valence-corrected chi connectivity index (χ3v) is 8.43. The maximum absolute atomic E-state index is 13.4. The van der Waals surface area contributed by atoms with Crippen LogP contribution in [-0.4, -0.2) is 56.3 Å². The van der Waals surface area contributed by atoms with Gasteiger partial charge in [0, 0.05) is 25.7 Å². The molecule has 31 heavy (non-hydrogen) atoms. The van der Waals surface area contributed by atoms with Crippen molar-refractivity contribution in [2.45, 2.75) is 57.4 Å². The molecular formula is C26H38N2O3. The van der Waals surface area contributed by atoms with Gasteiger partial charge in [0.2, 0.25) is 5.91 Å². The highest BCUT2D eigenvalue weighted by molar-refractivity contribution is 5.87. The Hall–Kier alpha value is -1.59. The molecule has 0 unspecified atom stereocenters. The zero-order valence-corrected chi connectivity index (χ0v) is 19.1. The molecule has 0 aromatic heterocycles. The maximum Gasteiger partial charge on any atom is 0.230 e. The van der Waals surface area contributed by atoms with Crippen molar-refractivity contribution in [1.29, 1.82) is 0 Å². The molecule has 0 radical (unpaired) electrons. The van der Waals surface area contributed by atoms with Crippen molar-refractivity contribution in [2.75, 3.05) is 39.5 Å². The van der Waals surface area contributed by atoms with Crippen molar-refractivity contribution in [3.05, 3.63) is 29.8 Å². The molecule has 1 aromatic rings. The smallest absolute Gasteiger partial charge is 0.230 e. The average molecular weight is 427 g/mol. The average Bonchev–Trinajstić information content (AvgIpc) is 2.76. The first-order valence-corrected chi connectivity index (χ1v) is 12.3. The molecule has 1 saturated heterocycles. The van der Waals surface area contributed by atoms with E-state index in [0.29, 0.717) is 24.5 Å². The maximum atomic E-state index is 13.4. The summed E-state index contributed by atoms with van der Waals surface area (Å²) < 4.78 is 11.4. The van der Waals surface area contributed by atoms with Crippen LogP contribution in [0.1, 0.15) is 51.5 Å². The van der Waals surface area contributed by atoms with Crippen molar-refractivity contribution >= 4 is 5.91 Å². The normalized spacial score (nSPS) is 32.8. The van der Waals surface area contributed by atoms with E-state index in [-0.39, 0.29) is 5.91 Å². The quantitative estimate of drug-likeness (QED) is 0.724. The molecule has 1 heterocycles. The van der Waals surface area contributed by atoms with E-state index in [2.05, 4.69) is 22.3 Å². The van der Waals surface area contributed by atoms with Gasteiger partial charge in [-0.15, -0.1) is 0 Å². The largest absolute Gasteiger partial charge is 0.492 e. The third kappa shape index (κ3) is 4.49. The molecule has 170 valence electrons. The molecule has 1 aromatic carbocycles. The number of ether oxygens (including phenoxy) is 2. The standard InChI is InChI=1S/C26H38N2O3/c1-26(2,25(29)27-24-20-13-18-12-19(15-20)16-21(24)14-18)22-4-3-5-23(17-22)31-11-8-28-6-9-30-10-7-28/h3-5,17-21,24H,6-16H2,1-2H3,(H,27,29). The van der Waals surface area contributed by atoms with Crippen LogP contribution >= 0.6 is 0 Å². The Morgan fingerprint density at radius 3 is 2.45 bits per heavy atom. The van der Waals surface area contributed by atoms with Crippen LogP contribution in [0.4, 0.5) is 0 Å². The zero-order chi connectivity index (χ0) is 21.4. The van der Waals surface area contributed by atoms with Crippen molar-refractivity contribution in [1.82, 2.24) is 10.2 Å². The molecule has 5 aliphatic rings. The molecule has 4 bridgehead atoms. The molecule has 5 nitrogen and oxygen atoms in total. The molecule has 1 amide bonds. The Morgan fingerprint density at radius 2 is 1.77 bits per heavy atom. The highest BCUT2D eigenvalue weighted by Gasteiger charge is 2.49. The van der Waals surface area contributed by atoms with E-state index in [9.17, 15) is 4.79 Å². The van der Waals surface area contributed by atoms with E-state index in [4.69, 9.17) is 9.47 Å². The van der Waals surface area contributed by atoms with Crippen LogP contribution in [0, 0.1) is 23.7 Å². The van der Waals surface area contributed by atoms with Crippen molar-refractivity contribution in [3.63, 3.8) is 0 Å². The van der Waals surface area contributed by atoms with Crippen molar-refractivity contribution < 1.29 is 14.3 Å². The highest BCUT2D eigenvalue weighted by Crippen LogP contribution is 2.53. The van der Waals surface area contributed by atoms with E-state index in [1.807, 2.05) is 26.0 Å². The van der Waals surface area contributed by atoms with Gasteiger partial charge in [0.05, 0.1) is 18.6 Å². The molecule has 0 atom stereocenters. The summed E-state index contributed by atoms with van der Waals surface area (Å²) in [7, 11) is 0. The van der Waals surface area contributed by atoms with Crippen molar-refractivity contribution in [3.8, 4) is 5.75 Å². The van der Waals surface area contributed by atoms with Gasteiger partial charge in [-0.1, -0.05) is 12.1 Å². The molecule has 1 aliphatic heterocycles. The minimum Gasteiger partial charge on any atom is -0.492 e. The fourth-order valence-electron chi connectivity index (χ4n) is 6.72. The van der Waals surface area contributed by atoms with Gasteiger partial charge in [-0.2, -0.15) is 0 Å². The molecule has 1 N–H and O–H groups in total. The van der Waals surface area contributed by atoms with Crippen LogP contribution < -0.4 is 10.1 Å². The molecule has 4 saturated carbocycles. The SMILES string of the molecule is CC(C)(C(=O)NC1C2CC3CC(C2)CC1C3)c1cccc(OCCN2CCOCC2)c1. The Kier molecular flexibility index (Phi) is 6.00. The first-order valence-electron chi connectivity index (χ1n) is 12.3. The summed E-state index contributed by atoms with van der Waals surface area (Å²) in [5.74, 6) is 4.26. The lowest BCUT2D eigenvalue weighted by Crippen LogP contribution is -2.58. The van der Waals surface area contributed by atoms with Gasteiger partial charge in [-0.05, 0) is 87.3 Å². The van der Waals surface area contributed by atoms with Crippen LogP contribution in [-0.2, 0) is 14.9 Å². The fourth-order valence-corrected chi connectivity index (χ4v) is 6.72. The number of benzene rings is 1. The summed E-state index contributed by atoms with van der Waals surface area (Å²) in [6.07, 6.45) is 6.74. The molecule has 4 aliphatic carbocycles. The number of carbonyl (C=O) groups excluding carboxylic acids is 1. The molecule has 0 spiro atoms. The fraction of sp³-hybridized carbons (Fsp3) is 0.731. The molecule has 6 rings (SSSR count). The predicted molar refractivity (Wildman–Crippen MR) is 121 cm³/mol. The highest BCUT2D eigenvalue weighted by atomic mass is 16.5. The Bertz CT molecular complexity index is 759. The second-order valence-electron chi connectivity index (χ2n) is 10.9. The minimum atomic E-state index is -0.571. The number of amides is 1. The Morgan fingerprint density at radius 1 is 1.10 bits per heavy atom. The second kappa shape index (κ2) is 8.74. The van der Waals surface area contributed by atoms with E-state index >= 15 is 0 Å². The van der Waals surface area contributed by atoms with Gasteiger partial charge in [0.15, 0.2) is 0 Å². The number of morpholine rings is 1. The summed E-state index contributed by atoms with van der Waals surface area (Å²) in [6.45, 7) is 9.22.